The van der Waals surface area contributed by atoms with Gasteiger partial charge in [0.1, 0.15) is 17.1 Å². The topological polar surface area (TPSA) is 77.5 Å². The van der Waals surface area contributed by atoms with E-state index in [0.717, 1.165) is 0 Å². The van der Waals surface area contributed by atoms with E-state index in [9.17, 15) is 9.59 Å². The Morgan fingerprint density at radius 1 is 1.00 bits per heavy atom. The van der Waals surface area contributed by atoms with E-state index >= 15 is 0 Å². The van der Waals surface area contributed by atoms with E-state index in [-0.39, 0.29) is 5.56 Å². The third-order valence-electron chi connectivity index (χ3n) is 4.16. The highest BCUT2D eigenvalue weighted by molar-refractivity contribution is 5.96. The molecule has 0 radical (unpaired) electrons. The highest BCUT2D eigenvalue weighted by Crippen LogP contribution is 2.25. The fraction of sp³-hybridized carbons (Fsp3) is 0.174. The number of amides is 1. The number of aromatic nitrogens is 1. The molecule has 0 saturated carbocycles. The van der Waals surface area contributed by atoms with Crippen LogP contribution in [0, 0.1) is 0 Å². The zero-order valence-corrected chi connectivity index (χ0v) is 16.3. The second-order valence-corrected chi connectivity index (χ2v) is 6.69. The molecule has 3 rings (SSSR count). The van der Waals surface area contributed by atoms with E-state index in [4.69, 9.17) is 9.47 Å². The van der Waals surface area contributed by atoms with Crippen molar-refractivity contribution < 1.29 is 19.1 Å². The van der Waals surface area contributed by atoms with E-state index in [1.807, 2.05) is 24.3 Å². The number of rotatable bonds is 7. The van der Waals surface area contributed by atoms with E-state index in [1.54, 1.807) is 48.8 Å². The molecule has 0 aliphatic heterocycles. The van der Waals surface area contributed by atoms with Gasteiger partial charge in [-0.25, -0.2) is 4.79 Å². The molecule has 0 fully saturated rings. The summed E-state index contributed by atoms with van der Waals surface area (Å²) < 4.78 is 10.9. The molecule has 1 amide bonds. The van der Waals surface area contributed by atoms with Gasteiger partial charge in [-0.3, -0.25) is 9.78 Å². The molecule has 0 aliphatic rings. The molecule has 29 heavy (non-hydrogen) atoms. The van der Waals surface area contributed by atoms with Crippen LogP contribution in [0.25, 0.3) is 0 Å². The summed E-state index contributed by atoms with van der Waals surface area (Å²) in [6.45, 7) is 3.80. The van der Waals surface area contributed by atoms with E-state index in [0.29, 0.717) is 23.1 Å². The zero-order chi connectivity index (χ0) is 20.6. The van der Waals surface area contributed by atoms with E-state index < -0.39 is 18.5 Å². The summed E-state index contributed by atoms with van der Waals surface area (Å²) >= 11 is 0. The van der Waals surface area contributed by atoms with E-state index in [2.05, 4.69) is 24.1 Å². The van der Waals surface area contributed by atoms with Crippen LogP contribution in [0.1, 0.15) is 35.7 Å². The summed E-state index contributed by atoms with van der Waals surface area (Å²) in [5.74, 6) is 0.177. The summed E-state index contributed by atoms with van der Waals surface area (Å²) in [5, 5.41) is 2.71. The first-order chi connectivity index (χ1) is 14.0. The van der Waals surface area contributed by atoms with Crippen molar-refractivity contribution >= 4 is 17.6 Å². The zero-order valence-electron chi connectivity index (χ0n) is 16.3. The Labute approximate surface area is 169 Å². The first kappa shape index (κ1) is 20.1. The summed E-state index contributed by atoms with van der Waals surface area (Å²) in [7, 11) is 0. The Kier molecular flexibility index (Phi) is 6.58. The first-order valence-electron chi connectivity index (χ1n) is 9.27. The Morgan fingerprint density at radius 2 is 1.76 bits per heavy atom. The van der Waals surface area contributed by atoms with Gasteiger partial charge in [0.15, 0.2) is 6.61 Å². The molecule has 6 heteroatoms. The van der Waals surface area contributed by atoms with Crippen LogP contribution in [-0.4, -0.2) is 23.5 Å². The third kappa shape index (κ3) is 5.65. The van der Waals surface area contributed by atoms with Gasteiger partial charge < -0.3 is 14.8 Å². The number of para-hydroxylation sites is 1. The van der Waals surface area contributed by atoms with Crippen molar-refractivity contribution in [3.05, 3.63) is 84.2 Å². The second-order valence-electron chi connectivity index (χ2n) is 6.69. The lowest BCUT2D eigenvalue weighted by Gasteiger charge is -2.11. The third-order valence-corrected chi connectivity index (χ3v) is 4.16. The average molecular weight is 390 g/mol. The molecule has 0 saturated heterocycles. The maximum absolute atomic E-state index is 12.4. The highest BCUT2D eigenvalue weighted by atomic mass is 16.5. The quantitative estimate of drug-likeness (QED) is 0.587. The number of pyridine rings is 1. The molecule has 148 valence electrons. The second kappa shape index (κ2) is 9.50. The maximum atomic E-state index is 12.4. The SMILES string of the molecule is CC(C)c1ccc(NC(=O)COC(=O)c2ccccc2Oc2cccnc2)cc1. The molecule has 0 bridgehead atoms. The van der Waals surface area contributed by atoms with Crippen LogP contribution in [0.15, 0.2) is 73.1 Å². The molecule has 2 aromatic carbocycles. The number of carbonyl (C=O) groups is 2. The average Bonchev–Trinajstić information content (AvgIpc) is 2.73. The lowest BCUT2D eigenvalue weighted by molar-refractivity contribution is -0.119. The van der Waals surface area contributed by atoms with Gasteiger partial charge in [0.25, 0.3) is 5.91 Å². The lowest BCUT2D eigenvalue weighted by Crippen LogP contribution is -2.21. The Hall–Kier alpha value is -3.67. The van der Waals surface area contributed by atoms with Crippen molar-refractivity contribution in [3.8, 4) is 11.5 Å². The van der Waals surface area contributed by atoms with Crippen molar-refractivity contribution in [2.24, 2.45) is 0 Å². The van der Waals surface area contributed by atoms with E-state index in [1.165, 1.54) is 5.56 Å². The monoisotopic (exact) mass is 390 g/mol. The van der Waals surface area contributed by atoms with Crippen LogP contribution < -0.4 is 10.1 Å². The van der Waals surface area contributed by atoms with Crippen LogP contribution in [-0.2, 0) is 9.53 Å². The largest absolute Gasteiger partial charge is 0.455 e. The molecular weight excluding hydrogens is 368 g/mol. The molecular formula is C23H22N2O4. The van der Waals surface area contributed by atoms with Gasteiger partial charge in [-0.1, -0.05) is 38.1 Å². The number of nitrogens with one attached hydrogen (secondary N) is 1. The summed E-state index contributed by atoms with van der Waals surface area (Å²) in [6, 6.07) is 17.7. The number of benzene rings is 2. The number of hydrogen-bond donors (Lipinski definition) is 1. The van der Waals surface area contributed by atoms with Crippen LogP contribution in [0.4, 0.5) is 5.69 Å². The predicted octanol–water partition coefficient (Wildman–Crippen LogP) is 4.79. The Balaban J connectivity index is 1.58. The maximum Gasteiger partial charge on any atom is 0.342 e. The van der Waals surface area contributed by atoms with Gasteiger partial charge in [-0.05, 0) is 47.9 Å². The minimum absolute atomic E-state index is 0.227. The van der Waals surface area contributed by atoms with Gasteiger partial charge in [0.05, 0.1) is 6.20 Å². The number of esters is 1. The fourth-order valence-corrected chi connectivity index (χ4v) is 2.62. The minimum atomic E-state index is -0.644. The summed E-state index contributed by atoms with van der Waals surface area (Å²) in [6.07, 6.45) is 3.17. The van der Waals surface area contributed by atoms with Gasteiger partial charge in [-0.15, -0.1) is 0 Å². The van der Waals surface area contributed by atoms with Crippen molar-refractivity contribution in [2.75, 3.05) is 11.9 Å². The lowest BCUT2D eigenvalue weighted by atomic mass is 10.0. The van der Waals surface area contributed by atoms with Crippen molar-refractivity contribution in [3.63, 3.8) is 0 Å². The van der Waals surface area contributed by atoms with Crippen LogP contribution in [0.2, 0.25) is 0 Å². The standard InChI is InChI=1S/C23H22N2O4/c1-16(2)17-9-11-18(12-10-17)25-22(26)15-28-23(27)20-7-3-4-8-21(20)29-19-6-5-13-24-14-19/h3-14,16H,15H2,1-2H3,(H,25,26). The van der Waals surface area contributed by atoms with Crippen molar-refractivity contribution in [1.29, 1.82) is 0 Å². The molecule has 3 aromatic rings. The van der Waals surface area contributed by atoms with Gasteiger partial charge in [0.2, 0.25) is 0 Å². The molecule has 0 atom stereocenters. The Bertz CT molecular complexity index is 970. The van der Waals surface area contributed by atoms with Crippen LogP contribution >= 0.6 is 0 Å². The van der Waals surface area contributed by atoms with Gasteiger partial charge >= 0.3 is 5.97 Å². The molecule has 1 N–H and O–H groups in total. The van der Waals surface area contributed by atoms with Crippen molar-refractivity contribution in [1.82, 2.24) is 4.98 Å². The highest BCUT2D eigenvalue weighted by Gasteiger charge is 2.16. The van der Waals surface area contributed by atoms with Gasteiger partial charge in [-0.2, -0.15) is 0 Å². The van der Waals surface area contributed by atoms with Crippen LogP contribution in [0.5, 0.6) is 11.5 Å². The van der Waals surface area contributed by atoms with Crippen molar-refractivity contribution in [2.45, 2.75) is 19.8 Å². The van der Waals surface area contributed by atoms with Crippen LogP contribution in [0.3, 0.4) is 0 Å². The molecule has 0 aliphatic carbocycles. The number of ether oxygens (including phenoxy) is 2. The first-order valence-corrected chi connectivity index (χ1v) is 9.27. The molecule has 1 aromatic heterocycles. The fourth-order valence-electron chi connectivity index (χ4n) is 2.62. The smallest absolute Gasteiger partial charge is 0.342 e. The Morgan fingerprint density at radius 3 is 2.45 bits per heavy atom. The summed E-state index contributed by atoms with van der Waals surface area (Å²) in [5.41, 5.74) is 2.06. The molecule has 0 unspecified atom stereocenters. The number of hydrogen-bond acceptors (Lipinski definition) is 5. The normalized spacial score (nSPS) is 10.4. The predicted molar refractivity (Wildman–Crippen MR) is 110 cm³/mol. The van der Waals surface area contributed by atoms with Gasteiger partial charge in [0, 0.05) is 11.9 Å². The number of carbonyl (C=O) groups excluding carboxylic acids is 2. The number of anilines is 1. The summed E-state index contributed by atoms with van der Waals surface area (Å²) in [4.78, 5) is 28.5. The molecule has 1 heterocycles. The number of nitrogens with zero attached hydrogens (tertiary/aromatic N) is 1. The molecule has 0 spiro atoms. The molecule has 6 nitrogen and oxygen atoms in total. The minimum Gasteiger partial charge on any atom is -0.455 e.